The molecule has 2 heterocycles. The van der Waals surface area contributed by atoms with Crippen molar-refractivity contribution in [2.45, 2.75) is 52.5 Å². The SMILES string of the molecule is C/C(N)=C/C(C(=N)N1CCC(NCC(C)C)CC1)=C1N=C(C2CC2)NO1. The van der Waals surface area contributed by atoms with Crippen LogP contribution in [0.3, 0.4) is 0 Å². The Morgan fingerprint density at radius 3 is 2.65 bits per heavy atom. The summed E-state index contributed by atoms with van der Waals surface area (Å²) in [6, 6.07) is 0.535. The maximum atomic E-state index is 8.69. The lowest BCUT2D eigenvalue weighted by atomic mass is 10.0. The van der Waals surface area contributed by atoms with Gasteiger partial charge in [-0.15, -0.1) is 0 Å². The third kappa shape index (κ3) is 4.78. The molecule has 3 aliphatic rings. The minimum Gasteiger partial charge on any atom is -0.402 e. The number of piperidine rings is 1. The Morgan fingerprint density at radius 2 is 2.08 bits per heavy atom. The number of rotatable bonds is 6. The van der Waals surface area contributed by atoms with Crippen molar-refractivity contribution < 1.29 is 4.84 Å². The number of hydroxylamine groups is 1. The number of likely N-dealkylation sites (tertiary alicyclic amines) is 1. The summed E-state index contributed by atoms with van der Waals surface area (Å²) in [5, 5.41) is 12.3. The topological polar surface area (TPSA) is 98.8 Å². The van der Waals surface area contributed by atoms with E-state index < -0.39 is 0 Å². The second kappa shape index (κ2) is 8.12. The maximum Gasteiger partial charge on any atom is 0.258 e. The van der Waals surface area contributed by atoms with Gasteiger partial charge in [-0.3, -0.25) is 5.41 Å². The van der Waals surface area contributed by atoms with Gasteiger partial charge in [-0.25, -0.2) is 5.48 Å². The van der Waals surface area contributed by atoms with Gasteiger partial charge in [0, 0.05) is 30.7 Å². The van der Waals surface area contributed by atoms with E-state index in [0.29, 0.717) is 40.9 Å². The number of nitrogens with two attached hydrogens (primary N) is 1. The Bertz CT molecular complexity index is 620. The van der Waals surface area contributed by atoms with E-state index >= 15 is 0 Å². The molecule has 0 atom stereocenters. The quantitative estimate of drug-likeness (QED) is 0.429. The number of allylic oxidation sites excluding steroid dienone is 1. The second-order valence-corrected chi connectivity index (χ2v) is 7.99. The highest BCUT2D eigenvalue weighted by atomic mass is 16.7. The first-order chi connectivity index (χ1) is 12.4. The molecule has 0 radical (unpaired) electrons. The van der Waals surface area contributed by atoms with Crippen LogP contribution in [0.25, 0.3) is 0 Å². The highest BCUT2D eigenvalue weighted by Gasteiger charge is 2.33. The molecule has 7 nitrogen and oxygen atoms in total. The summed E-state index contributed by atoms with van der Waals surface area (Å²) >= 11 is 0. The third-order valence-corrected chi connectivity index (χ3v) is 4.92. The van der Waals surface area contributed by atoms with Crippen molar-refractivity contribution in [2.24, 2.45) is 22.6 Å². The van der Waals surface area contributed by atoms with Gasteiger partial charge in [-0.2, -0.15) is 4.99 Å². The molecule has 144 valence electrons. The summed E-state index contributed by atoms with van der Waals surface area (Å²) in [5.74, 6) is 2.92. The van der Waals surface area contributed by atoms with Crippen molar-refractivity contribution in [2.75, 3.05) is 19.6 Å². The molecule has 7 heteroatoms. The van der Waals surface area contributed by atoms with Crippen LogP contribution < -0.4 is 16.5 Å². The van der Waals surface area contributed by atoms with E-state index in [9.17, 15) is 0 Å². The van der Waals surface area contributed by atoms with Crippen LogP contribution in [0.15, 0.2) is 28.2 Å². The average molecular weight is 361 g/mol. The summed E-state index contributed by atoms with van der Waals surface area (Å²) in [6.07, 6.45) is 6.18. The zero-order valence-corrected chi connectivity index (χ0v) is 16.1. The number of hydrogen-bond acceptors (Lipinski definition) is 6. The highest BCUT2D eigenvalue weighted by molar-refractivity contribution is 6.00. The molecule has 2 fully saturated rings. The monoisotopic (exact) mass is 360 g/mol. The predicted molar refractivity (Wildman–Crippen MR) is 105 cm³/mol. The van der Waals surface area contributed by atoms with Gasteiger partial charge >= 0.3 is 0 Å². The first-order valence-electron chi connectivity index (χ1n) is 9.70. The van der Waals surface area contributed by atoms with Crippen molar-refractivity contribution in [3.05, 3.63) is 23.2 Å². The molecule has 3 rings (SSSR count). The zero-order chi connectivity index (χ0) is 18.7. The van der Waals surface area contributed by atoms with Gasteiger partial charge < -0.3 is 20.8 Å². The molecule has 0 aromatic carbocycles. The zero-order valence-electron chi connectivity index (χ0n) is 16.1. The molecule has 26 heavy (non-hydrogen) atoms. The third-order valence-electron chi connectivity index (χ3n) is 4.92. The summed E-state index contributed by atoms with van der Waals surface area (Å²) in [4.78, 5) is 12.2. The summed E-state index contributed by atoms with van der Waals surface area (Å²) in [6.45, 7) is 9.03. The van der Waals surface area contributed by atoms with Gasteiger partial charge in [-0.1, -0.05) is 13.8 Å². The Hall–Kier alpha value is -2.02. The minimum atomic E-state index is 0.440. The highest BCUT2D eigenvalue weighted by Crippen LogP contribution is 2.32. The van der Waals surface area contributed by atoms with E-state index in [4.69, 9.17) is 16.0 Å². The van der Waals surface area contributed by atoms with Gasteiger partial charge in [0.05, 0.1) is 5.57 Å². The molecule has 0 amide bonds. The first kappa shape index (κ1) is 18.8. The van der Waals surface area contributed by atoms with Gasteiger partial charge in [-0.05, 0) is 51.1 Å². The lowest BCUT2D eigenvalue weighted by Gasteiger charge is -2.34. The Kier molecular flexibility index (Phi) is 5.86. The van der Waals surface area contributed by atoms with Crippen LogP contribution in [0.2, 0.25) is 0 Å². The molecule has 0 aromatic heterocycles. The standard InChI is InChI=1S/C19H32N6O/c1-12(2)11-22-15-6-8-25(9-7-15)17(21)16(10-13(3)20)19-23-18(24-26-19)14-4-5-14/h10,12,14-15,21-22H,4-9,11,20H2,1-3H3,(H,23,24)/b13-10-,19-16?,21-17?. The molecule has 5 N–H and O–H groups in total. The van der Waals surface area contributed by atoms with Crippen LogP contribution in [0, 0.1) is 17.2 Å². The van der Waals surface area contributed by atoms with Crippen LogP contribution in [0.5, 0.6) is 0 Å². The molecule has 0 bridgehead atoms. The molecule has 0 spiro atoms. The van der Waals surface area contributed by atoms with Crippen molar-refractivity contribution in [1.82, 2.24) is 15.7 Å². The van der Waals surface area contributed by atoms with Crippen LogP contribution in [-0.2, 0) is 4.84 Å². The molecular weight excluding hydrogens is 328 g/mol. The Morgan fingerprint density at radius 1 is 1.38 bits per heavy atom. The molecule has 1 saturated heterocycles. The van der Waals surface area contributed by atoms with Crippen molar-refractivity contribution in [3.8, 4) is 0 Å². The maximum absolute atomic E-state index is 8.69. The fourth-order valence-corrected chi connectivity index (χ4v) is 3.24. The fraction of sp³-hybridized carbons (Fsp3) is 0.684. The van der Waals surface area contributed by atoms with Gasteiger partial charge in [0.25, 0.3) is 5.88 Å². The van der Waals surface area contributed by atoms with Gasteiger partial charge in [0.15, 0.2) is 0 Å². The Labute approximate surface area is 156 Å². The first-order valence-corrected chi connectivity index (χ1v) is 9.70. The molecule has 1 aliphatic carbocycles. The van der Waals surface area contributed by atoms with Crippen molar-refractivity contribution in [3.63, 3.8) is 0 Å². The van der Waals surface area contributed by atoms with E-state index in [1.54, 1.807) is 6.08 Å². The van der Waals surface area contributed by atoms with Gasteiger partial charge in [0.2, 0.25) is 0 Å². The van der Waals surface area contributed by atoms with E-state index in [0.717, 1.165) is 51.2 Å². The van der Waals surface area contributed by atoms with E-state index in [1.165, 1.54) is 0 Å². The fourth-order valence-electron chi connectivity index (χ4n) is 3.24. The molecular formula is C19H32N6O. The van der Waals surface area contributed by atoms with Crippen LogP contribution >= 0.6 is 0 Å². The number of hydrogen-bond donors (Lipinski definition) is 4. The van der Waals surface area contributed by atoms with Crippen molar-refractivity contribution in [1.29, 1.82) is 5.41 Å². The molecule has 1 saturated carbocycles. The average Bonchev–Trinajstić information content (AvgIpc) is 3.35. The summed E-state index contributed by atoms with van der Waals surface area (Å²) in [7, 11) is 0. The smallest absolute Gasteiger partial charge is 0.258 e. The largest absolute Gasteiger partial charge is 0.402 e. The molecule has 0 aromatic rings. The molecule has 0 unspecified atom stereocenters. The van der Waals surface area contributed by atoms with Gasteiger partial charge in [0.1, 0.15) is 11.7 Å². The van der Waals surface area contributed by atoms with Crippen LogP contribution in [0.1, 0.15) is 46.5 Å². The Balaban J connectivity index is 1.67. The number of nitrogens with zero attached hydrogens (tertiary/aromatic N) is 2. The van der Waals surface area contributed by atoms with E-state index in [2.05, 4.69) is 34.5 Å². The summed E-state index contributed by atoms with van der Waals surface area (Å²) in [5.41, 5.74) is 10.1. The number of aliphatic imine (C=N–C) groups is 1. The lowest BCUT2D eigenvalue weighted by molar-refractivity contribution is 0.174. The summed E-state index contributed by atoms with van der Waals surface area (Å²) < 4.78 is 0. The van der Waals surface area contributed by atoms with E-state index in [1.807, 2.05) is 6.92 Å². The van der Waals surface area contributed by atoms with Crippen molar-refractivity contribution >= 4 is 11.7 Å². The normalized spacial score (nSPS) is 23.6. The minimum absolute atomic E-state index is 0.440. The lowest BCUT2D eigenvalue weighted by Crippen LogP contribution is -2.46. The van der Waals surface area contributed by atoms with Crippen LogP contribution in [-0.4, -0.2) is 42.2 Å². The number of nitrogens with one attached hydrogen (secondary N) is 3. The van der Waals surface area contributed by atoms with E-state index in [-0.39, 0.29) is 0 Å². The predicted octanol–water partition coefficient (Wildman–Crippen LogP) is 2.09. The second-order valence-electron chi connectivity index (χ2n) is 7.99. The van der Waals surface area contributed by atoms with Crippen LogP contribution in [0.4, 0.5) is 0 Å². The number of amidine groups is 2. The molecule has 2 aliphatic heterocycles.